The first-order valence-corrected chi connectivity index (χ1v) is 8.85. The summed E-state index contributed by atoms with van der Waals surface area (Å²) >= 11 is 0. The Hall–Kier alpha value is -1.27. The highest BCUT2D eigenvalue weighted by Crippen LogP contribution is 2.30. The molecule has 5 nitrogen and oxygen atoms in total. The van der Waals surface area contributed by atoms with Gasteiger partial charge in [0.15, 0.2) is 0 Å². The third kappa shape index (κ3) is 5.93. The molecule has 0 fully saturated rings. The van der Waals surface area contributed by atoms with E-state index in [1.807, 2.05) is 20.8 Å². The molecule has 0 aliphatic carbocycles. The van der Waals surface area contributed by atoms with Crippen LogP contribution in [0.3, 0.4) is 0 Å². The van der Waals surface area contributed by atoms with Crippen LogP contribution in [0.1, 0.15) is 34.1 Å². The van der Waals surface area contributed by atoms with E-state index in [4.69, 9.17) is 15.4 Å². The lowest BCUT2D eigenvalue weighted by Gasteiger charge is -2.17. The number of benzene rings is 1. The normalized spacial score (nSPS) is 12.0. The van der Waals surface area contributed by atoms with Gasteiger partial charge in [-0.2, -0.15) is 0 Å². The number of carbonyl (C=O) groups excluding carboxylic acids is 1. The number of carbonyl (C=O) groups is 1. The van der Waals surface area contributed by atoms with Gasteiger partial charge >= 0.3 is 0 Å². The molecule has 0 atom stereocenters. The van der Waals surface area contributed by atoms with Crippen molar-refractivity contribution < 1.29 is 17.9 Å². The molecule has 1 aromatic carbocycles. The summed E-state index contributed by atoms with van der Waals surface area (Å²) in [5.41, 5.74) is 0.212. The second-order valence-corrected chi connectivity index (χ2v) is 8.35. The maximum Gasteiger partial charge on any atom is 0.265 e. The van der Waals surface area contributed by atoms with Crippen molar-refractivity contribution in [1.82, 2.24) is 0 Å². The minimum Gasteiger partial charge on any atom is -0.492 e. The zero-order valence-corrected chi connectivity index (χ0v) is 14.1. The van der Waals surface area contributed by atoms with E-state index in [-0.39, 0.29) is 22.0 Å². The van der Waals surface area contributed by atoms with Crippen LogP contribution < -0.4 is 10.1 Å². The van der Waals surface area contributed by atoms with Gasteiger partial charge in [0.25, 0.3) is 9.05 Å². The van der Waals surface area contributed by atoms with E-state index in [2.05, 4.69) is 5.32 Å². The van der Waals surface area contributed by atoms with Crippen LogP contribution in [0.15, 0.2) is 23.1 Å². The monoisotopic (exact) mass is 333 g/mol. The Labute approximate surface area is 130 Å². The zero-order chi connectivity index (χ0) is 16.3. The summed E-state index contributed by atoms with van der Waals surface area (Å²) in [6.45, 7) is 7.89. The van der Waals surface area contributed by atoms with Crippen molar-refractivity contribution in [3.8, 4) is 5.75 Å². The number of halogens is 1. The van der Waals surface area contributed by atoms with E-state index in [9.17, 15) is 13.2 Å². The van der Waals surface area contributed by atoms with Crippen molar-refractivity contribution in [2.24, 2.45) is 5.41 Å². The van der Waals surface area contributed by atoms with Crippen LogP contribution in [0.4, 0.5) is 5.69 Å². The van der Waals surface area contributed by atoms with Crippen molar-refractivity contribution in [3.63, 3.8) is 0 Å². The van der Waals surface area contributed by atoms with E-state index in [1.165, 1.54) is 12.1 Å². The molecule has 0 bridgehead atoms. The van der Waals surface area contributed by atoms with Crippen LogP contribution in [-0.2, 0) is 13.8 Å². The van der Waals surface area contributed by atoms with Gasteiger partial charge in [-0.1, -0.05) is 20.8 Å². The fourth-order valence-electron chi connectivity index (χ4n) is 1.74. The van der Waals surface area contributed by atoms with Crippen LogP contribution in [0.5, 0.6) is 5.75 Å². The summed E-state index contributed by atoms with van der Waals surface area (Å²) in [6, 6.07) is 4.36. The van der Waals surface area contributed by atoms with Gasteiger partial charge in [0.1, 0.15) is 10.6 Å². The molecule has 0 heterocycles. The van der Waals surface area contributed by atoms with Crippen molar-refractivity contribution in [2.75, 3.05) is 11.9 Å². The minimum absolute atomic E-state index is 0.153. The molecular formula is C14H20ClNO4S. The molecule has 21 heavy (non-hydrogen) atoms. The minimum atomic E-state index is -3.95. The lowest BCUT2D eigenvalue weighted by atomic mass is 9.92. The van der Waals surface area contributed by atoms with Gasteiger partial charge in [-0.05, 0) is 30.5 Å². The Morgan fingerprint density at radius 3 is 2.43 bits per heavy atom. The predicted octanol–water partition coefficient (Wildman–Crippen LogP) is 3.39. The first kappa shape index (κ1) is 17.8. The summed E-state index contributed by atoms with van der Waals surface area (Å²) in [4.78, 5) is 11.7. The number of rotatable bonds is 5. The number of hydrogen-bond donors (Lipinski definition) is 1. The van der Waals surface area contributed by atoms with E-state index < -0.39 is 9.05 Å². The lowest BCUT2D eigenvalue weighted by Crippen LogP contribution is -2.19. The Morgan fingerprint density at radius 1 is 1.33 bits per heavy atom. The molecule has 1 rings (SSSR count). The number of nitrogens with one attached hydrogen (secondary N) is 1. The molecule has 0 radical (unpaired) electrons. The molecular weight excluding hydrogens is 314 g/mol. The molecule has 118 valence electrons. The third-order valence-electron chi connectivity index (χ3n) is 2.48. The molecule has 0 aliphatic rings. The average molecular weight is 334 g/mol. The summed E-state index contributed by atoms with van der Waals surface area (Å²) in [7, 11) is 1.44. The van der Waals surface area contributed by atoms with Crippen LogP contribution >= 0.6 is 10.7 Å². The number of hydrogen-bond acceptors (Lipinski definition) is 4. The van der Waals surface area contributed by atoms with Crippen molar-refractivity contribution >= 4 is 31.3 Å². The highest BCUT2D eigenvalue weighted by Gasteiger charge is 2.20. The SMILES string of the molecule is CCOc1ccc(NC(=O)CC(C)(C)C)cc1S(=O)(=O)Cl. The molecule has 1 amide bonds. The van der Waals surface area contributed by atoms with E-state index in [1.54, 1.807) is 13.0 Å². The Kier molecular flexibility index (Phi) is 5.64. The summed E-state index contributed by atoms with van der Waals surface area (Å²) < 4.78 is 28.4. The van der Waals surface area contributed by atoms with Crippen LogP contribution in [0.2, 0.25) is 0 Å². The van der Waals surface area contributed by atoms with Gasteiger partial charge in [0.05, 0.1) is 6.61 Å². The first-order chi connectivity index (χ1) is 9.53. The molecule has 0 aliphatic heterocycles. The Morgan fingerprint density at radius 2 is 1.95 bits per heavy atom. The largest absolute Gasteiger partial charge is 0.492 e. The van der Waals surface area contributed by atoms with Crippen LogP contribution in [-0.4, -0.2) is 20.9 Å². The molecule has 1 aromatic rings. The Bertz CT molecular complexity index is 620. The summed E-state index contributed by atoms with van der Waals surface area (Å²) in [5.74, 6) is -0.0223. The topological polar surface area (TPSA) is 72.5 Å². The van der Waals surface area contributed by atoms with Gasteiger partial charge in [0, 0.05) is 22.8 Å². The van der Waals surface area contributed by atoms with Crippen LogP contribution in [0.25, 0.3) is 0 Å². The molecule has 0 aromatic heterocycles. The van der Waals surface area contributed by atoms with Gasteiger partial charge in [-0.15, -0.1) is 0 Å². The van der Waals surface area contributed by atoms with Gasteiger partial charge in [-0.25, -0.2) is 8.42 Å². The highest BCUT2D eigenvalue weighted by atomic mass is 35.7. The van der Waals surface area contributed by atoms with E-state index in [0.29, 0.717) is 18.7 Å². The quantitative estimate of drug-likeness (QED) is 0.838. The molecule has 1 N–H and O–H groups in total. The lowest BCUT2D eigenvalue weighted by molar-refractivity contribution is -0.117. The van der Waals surface area contributed by atoms with E-state index >= 15 is 0 Å². The molecule has 0 saturated heterocycles. The maximum absolute atomic E-state index is 11.9. The van der Waals surface area contributed by atoms with E-state index in [0.717, 1.165) is 0 Å². The van der Waals surface area contributed by atoms with Crippen molar-refractivity contribution in [3.05, 3.63) is 18.2 Å². The number of amides is 1. The zero-order valence-electron chi connectivity index (χ0n) is 12.6. The summed E-state index contributed by atoms with van der Waals surface area (Å²) in [6.07, 6.45) is 0.323. The van der Waals surface area contributed by atoms with Gasteiger partial charge in [0.2, 0.25) is 5.91 Å². The molecule has 7 heteroatoms. The van der Waals surface area contributed by atoms with Crippen LogP contribution in [0, 0.1) is 5.41 Å². The van der Waals surface area contributed by atoms with Crippen molar-refractivity contribution in [1.29, 1.82) is 0 Å². The van der Waals surface area contributed by atoms with Crippen molar-refractivity contribution in [2.45, 2.75) is 39.0 Å². The number of anilines is 1. The average Bonchev–Trinajstić information content (AvgIpc) is 2.27. The second kappa shape index (κ2) is 6.66. The molecule has 0 spiro atoms. The maximum atomic E-state index is 11.9. The standard InChI is InChI=1S/C14H20ClNO4S/c1-5-20-11-7-6-10(8-12(11)21(15,18)19)16-13(17)9-14(2,3)4/h6-8H,5,9H2,1-4H3,(H,16,17). The molecule has 0 unspecified atom stereocenters. The summed E-state index contributed by atoms with van der Waals surface area (Å²) in [5, 5.41) is 2.66. The molecule has 0 saturated carbocycles. The van der Waals surface area contributed by atoms with Gasteiger partial charge < -0.3 is 10.1 Å². The second-order valence-electron chi connectivity index (χ2n) is 5.82. The van der Waals surface area contributed by atoms with Gasteiger partial charge in [-0.3, -0.25) is 4.79 Å². The fraction of sp³-hybridized carbons (Fsp3) is 0.500. The predicted molar refractivity (Wildman–Crippen MR) is 83.4 cm³/mol. The smallest absolute Gasteiger partial charge is 0.265 e. The number of ether oxygens (including phenoxy) is 1. The Balaban J connectivity index is 3.04. The first-order valence-electron chi connectivity index (χ1n) is 6.54. The fourth-order valence-corrected chi connectivity index (χ4v) is 2.73. The highest BCUT2D eigenvalue weighted by molar-refractivity contribution is 8.13. The third-order valence-corrected chi connectivity index (χ3v) is 3.82.